The number of unbranched alkanes of at least 4 members (excludes halogenated alkanes) is 2. The second-order valence-corrected chi connectivity index (χ2v) is 2.97. The summed E-state index contributed by atoms with van der Waals surface area (Å²) in [4.78, 5) is 10.7. The van der Waals surface area contributed by atoms with Crippen molar-refractivity contribution in [1.29, 1.82) is 0 Å². The van der Waals surface area contributed by atoms with Crippen LogP contribution in [-0.4, -0.2) is 23.7 Å². The second kappa shape index (κ2) is 7.63. The molecule has 0 fully saturated rings. The highest BCUT2D eigenvalue weighted by molar-refractivity contribution is 5.73. The molecule has 1 unspecified atom stereocenters. The Morgan fingerprint density at radius 1 is 1.62 bits per heavy atom. The van der Waals surface area contributed by atoms with Crippen molar-refractivity contribution in [2.24, 2.45) is 0 Å². The normalized spacial score (nSPS) is 12.0. The molecular formula is C10H17NO2. The molecule has 0 radical (unpaired) electrons. The summed E-state index contributed by atoms with van der Waals surface area (Å²) in [5, 5.41) is 11.6. The molecule has 0 bridgehead atoms. The van der Waals surface area contributed by atoms with Gasteiger partial charge in [-0.05, 0) is 6.42 Å². The number of terminal acetylenes is 1. The van der Waals surface area contributed by atoms with Gasteiger partial charge >= 0.3 is 5.97 Å². The molecule has 3 heteroatoms. The lowest BCUT2D eigenvalue weighted by atomic mass is 10.1. The molecule has 13 heavy (non-hydrogen) atoms. The Bertz CT molecular complexity index is 184. The van der Waals surface area contributed by atoms with Crippen LogP contribution in [0.4, 0.5) is 0 Å². The summed E-state index contributed by atoms with van der Waals surface area (Å²) in [6.45, 7) is 2.41. The summed E-state index contributed by atoms with van der Waals surface area (Å²) in [6, 6.07) is -0.484. The van der Waals surface area contributed by atoms with Gasteiger partial charge in [-0.1, -0.05) is 32.1 Å². The van der Waals surface area contributed by atoms with E-state index in [4.69, 9.17) is 11.5 Å². The summed E-state index contributed by atoms with van der Waals surface area (Å²) < 4.78 is 0. The maximum Gasteiger partial charge on any atom is 0.320 e. The van der Waals surface area contributed by atoms with Crippen LogP contribution in [0, 0.1) is 12.3 Å². The highest BCUT2D eigenvalue weighted by Gasteiger charge is 2.14. The van der Waals surface area contributed by atoms with Gasteiger partial charge < -0.3 is 5.11 Å². The van der Waals surface area contributed by atoms with Gasteiger partial charge in [0, 0.05) is 0 Å². The van der Waals surface area contributed by atoms with Gasteiger partial charge in [0.15, 0.2) is 0 Å². The summed E-state index contributed by atoms with van der Waals surface area (Å²) in [5.74, 6) is 1.56. The average Bonchev–Trinajstić information content (AvgIpc) is 2.10. The molecule has 2 N–H and O–H groups in total. The molecule has 0 rings (SSSR count). The standard InChI is InChI=1S/C10H17NO2/c1-3-5-6-7-9(10(12)13)11-8-4-2/h2,9,11H,3,5-8H2,1H3,(H,12,13). The van der Waals surface area contributed by atoms with Crippen LogP contribution in [0.5, 0.6) is 0 Å². The molecule has 0 aromatic heterocycles. The van der Waals surface area contributed by atoms with Crippen LogP contribution in [0.2, 0.25) is 0 Å². The Morgan fingerprint density at radius 3 is 2.77 bits per heavy atom. The van der Waals surface area contributed by atoms with Crippen molar-refractivity contribution >= 4 is 5.97 Å². The fourth-order valence-corrected chi connectivity index (χ4v) is 1.09. The number of rotatable bonds is 7. The Balaban J connectivity index is 3.68. The SMILES string of the molecule is C#CCNC(CCCCC)C(=O)O. The molecular weight excluding hydrogens is 166 g/mol. The lowest BCUT2D eigenvalue weighted by Gasteiger charge is -2.11. The summed E-state index contributed by atoms with van der Waals surface area (Å²) in [5.41, 5.74) is 0. The van der Waals surface area contributed by atoms with Gasteiger partial charge in [0.05, 0.1) is 6.54 Å². The summed E-state index contributed by atoms with van der Waals surface area (Å²) >= 11 is 0. The zero-order valence-corrected chi connectivity index (χ0v) is 8.05. The molecule has 0 aliphatic carbocycles. The van der Waals surface area contributed by atoms with Crippen molar-refractivity contribution in [2.45, 2.75) is 38.6 Å². The first-order valence-electron chi connectivity index (χ1n) is 4.62. The first-order valence-corrected chi connectivity index (χ1v) is 4.62. The maximum absolute atomic E-state index is 10.7. The smallest absolute Gasteiger partial charge is 0.320 e. The van der Waals surface area contributed by atoms with Crippen molar-refractivity contribution in [3.63, 3.8) is 0 Å². The molecule has 0 aliphatic heterocycles. The van der Waals surface area contributed by atoms with Gasteiger partial charge in [0.25, 0.3) is 0 Å². The zero-order chi connectivity index (χ0) is 10.1. The van der Waals surface area contributed by atoms with Gasteiger partial charge in [-0.15, -0.1) is 6.42 Å². The highest BCUT2D eigenvalue weighted by atomic mass is 16.4. The quantitative estimate of drug-likeness (QED) is 0.461. The van der Waals surface area contributed by atoms with Crippen molar-refractivity contribution in [2.75, 3.05) is 6.54 Å². The van der Waals surface area contributed by atoms with Gasteiger partial charge in [-0.2, -0.15) is 0 Å². The number of carboxylic acids is 1. The molecule has 0 saturated heterocycles. The van der Waals surface area contributed by atoms with Gasteiger partial charge in [-0.3, -0.25) is 10.1 Å². The lowest BCUT2D eigenvalue weighted by molar-refractivity contribution is -0.139. The fraction of sp³-hybridized carbons (Fsp3) is 0.700. The van der Waals surface area contributed by atoms with E-state index >= 15 is 0 Å². The molecule has 0 aromatic rings. The minimum atomic E-state index is -0.814. The number of aliphatic carboxylic acids is 1. The number of carboxylic acid groups (broad SMARTS) is 1. The van der Waals surface area contributed by atoms with Crippen molar-refractivity contribution in [1.82, 2.24) is 5.32 Å². The van der Waals surface area contributed by atoms with Crippen LogP contribution in [0.25, 0.3) is 0 Å². The van der Waals surface area contributed by atoms with E-state index in [1.807, 2.05) is 0 Å². The molecule has 0 aromatic carbocycles. The van der Waals surface area contributed by atoms with E-state index in [1.54, 1.807) is 0 Å². The van der Waals surface area contributed by atoms with E-state index in [0.29, 0.717) is 13.0 Å². The molecule has 0 saturated carbocycles. The fourth-order valence-electron chi connectivity index (χ4n) is 1.09. The maximum atomic E-state index is 10.7. The third-order valence-corrected chi connectivity index (χ3v) is 1.84. The molecule has 74 valence electrons. The first-order chi connectivity index (χ1) is 6.22. The Morgan fingerprint density at radius 2 is 2.31 bits per heavy atom. The number of hydrogen-bond acceptors (Lipinski definition) is 2. The minimum absolute atomic E-state index is 0.323. The first kappa shape index (κ1) is 12.0. The average molecular weight is 183 g/mol. The molecule has 0 spiro atoms. The predicted molar refractivity (Wildman–Crippen MR) is 52.4 cm³/mol. The minimum Gasteiger partial charge on any atom is -0.480 e. The van der Waals surface area contributed by atoms with E-state index in [2.05, 4.69) is 18.2 Å². The molecule has 0 aliphatic rings. The van der Waals surface area contributed by atoms with Crippen LogP contribution in [0.15, 0.2) is 0 Å². The van der Waals surface area contributed by atoms with E-state index in [0.717, 1.165) is 19.3 Å². The van der Waals surface area contributed by atoms with Crippen molar-refractivity contribution in [3.8, 4) is 12.3 Å². The zero-order valence-electron chi connectivity index (χ0n) is 8.05. The van der Waals surface area contributed by atoms with Gasteiger partial charge in [0.2, 0.25) is 0 Å². The number of hydrogen-bond donors (Lipinski definition) is 2. The van der Waals surface area contributed by atoms with E-state index in [1.165, 1.54) is 0 Å². The van der Waals surface area contributed by atoms with Crippen LogP contribution < -0.4 is 5.32 Å². The summed E-state index contributed by atoms with van der Waals surface area (Å²) in [7, 11) is 0. The highest BCUT2D eigenvalue weighted by Crippen LogP contribution is 2.03. The third kappa shape index (κ3) is 6.18. The van der Waals surface area contributed by atoms with E-state index < -0.39 is 12.0 Å². The Hall–Kier alpha value is -1.01. The lowest BCUT2D eigenvalue weighted by Crippen LogP contribution is -2.36. The van der Waals surface area contributed by atoms with Gasteiger partial charge in [0.1, 0.15) is 6.04 Å². The van der Waals surface area contributed by atoms with Crippen LogP contribution in [0.3, 0.4) is 0 Å². The van der Waals surface area contributed by atoms with Crippen molar-refractivity contribution in [3.05, 3.63) is 0 Å². The Kier molecular flexibility index (Phi) is 7.04. The predicted octanol–water partition coefficient (Wildman–Crippen LogP) is 1.24. The monoisotopic (exact) mass is 183 g/mol. The van der Waals surface area contributed by atoms with Gasteiger partial charge in [-0.25, -0.2) is 0 Å². The third-order valence-electron chi connectivity index (χ3n) is 1.84. The van der Waals surface area contributed by atoms with Crippen molar-refractivity contribution < 1.29 is 9.90 Å². The molecule has 1 atom stereocenters. The van der Waals surface area contributed by atoms with Crippen LogP contribution in [0.1, 0.15) is 32.6 Å². The summed E-state index contributed by atoms with van der Waals surface area (Å²) in [6.07, 6.45) is 8.79. The molecule has 3 nitrogen and oxygen atoms in total. The molecule has 0 heterocycles. The van der Waals surface area contributed by atoms with E-state index in [9.17, 15) is 4.79 Å². The van der Waals surface area contributed by atoms with E-state index in [-0.39, 0.29) is 0 Å². The van der Waals surface area contributed by atoms with Crippen LogP contribution >= 0.6 is 0 Å². The topological polar surface area (TPSA) is 49.3 Å². The number of carbonyl (C=O) groups is 1. The number of nitrogens with one attached hydrogen (secondary N) is 1. The Labute approximate surface area is 79.5 Å². The molecule has 0 amide bonds. The second-order valence-electron chi connectivity index (χ2n) is 2.97. The van der Waals surface area contributed by atoms with Crippen LogP contribution in [-0.2, 0) is 4.79 Å². The largest absolute Gasteiger partial charge is 0.480 e.